The minimum Gasteiger partial charge on any atom is -0.494 e. The van der Waals surface area contributed by atoms with Gasteiger partial charge in [0.15, 0.2) is 0 Å². The first kappa shape index (κ1) is 17.7. The Labute approximate surface area is 141 Å². The first-order valence-corrected chi connectivity index (χ1v) is 8.14. The van der Waals surface area contributed by atoms with Gasteiger partial charge in [0.1, 0.15) is 11.4 Å². The molecule has 0 spiro atoms. The van der Waals surface area contributed by atoms with E-state index in [0.717, 1.165) is 24.3 Å². The normalized spacial score (nSPS) is 10.9. The number of hydrazone groups is 1. The number of anilines is 1. The first-order chi connectivity index (χ1) is 11.7. The second-order valence-corrected chi connectivity index (χ2v) is 5.44. The van der Waals surface area contributed by atoms with Gasteiger partial charge in [0.2, 0.25) is 5.95 Å². The highest BCUT2D eigenvalue weighted by Gasteiger charge is 1.98. The van der Waals surface area contributed by atoms with Crippen LogP contribution >= 0.6 is 0 Å². The smallest absolute Gasteiger partial charge is 0.274 e. The van der Waals surface area contributed by atoms with Crippen LogP contribution in [0.3, 0.4) is 0 Å². The minimum atomic E-state index is -0.291. The Bertz CT molecular complexity index is 727. The minimum absolute atomic E-state index is 0.199. The molecule has 0 bridgehead atoms. The molecule has 0 aliphatic rings. The molecule has 1 aromatic carbocycles. The zero-order valence-corrected chi connectivity index (χ0v) is 14.1. The molecule has 2 rings (SSSR count). The van der Waals surface area contributed by atoms with Crippen molar-refractivity contribution in [3.05, 3.63) is 45.9 Å². The maximum Gasteiger partial charge on any atom is 0.274 e. The van der Waals surface area contributed by atoms with Crippen molar-refractivity contribution in [2.75, 3.05) is 12.0 Å². The van der Waals surface area contributed by atoms with Gasteiger partial charge in [0.25, 0.3) is 5.56 Å². The SMILES string of the molecule is CCCCCCOc1cccc(/C=N/Nc2nnc(C)c(=O)[nH]2)c1. The van der Waals surface area contributed by atoms with Crippen LogP contribution in [0.2, 0.25) is 0 Å². The molecule has 0 aliphatic carbocycles. The van der Waals surface area contributed by atoms with Gasteiger partial charge in [-0.25, -0.2) is 5.43 Å². The molecule has 0 unspecified atom stereocenters. The monoisotopic (exact) mass is 329 g/mol. The first-order valence-electron chi connectivity index (χ1n) is 8.14. The number of nitrogens with one attached hydrogen (secondary N) is 2. The molecule has 128 valence electrons. The summed E-state index contributed by atoms with van der Waals surface area (Å²) in [7, 11) is 0. The summed E-state index contributed by atoms with van der Waals surface area (Å²) < 4.78 is 5.73. The molecule has 0 radical (unpaired) electrons. The van der Waals surface area contributed by atoms with Crippen molar-refractivity contribution in [2.24, 2.45) is 5.10 Å². The van der Waals surface area contributed by atoms with E-state index in [0.29, 0.717) is 5.69 Å². The van der Waals surface area contributed by atoms with Crippen LogP contribution < -0.4 is 15.7 Å². The summed E-state index contributed by atoms with van der Waals surface area (Å²) in [6.07, 6.45) is 6.34. The summed E-state index contributed by atoms with van der Waals surface area (Å²) in [4.78, 5) is 14.0. The van der Waals surface area contributed by atoms with Crippen molar-refractivity contribution in [1.29, 1.82) is 0 Å². The predicted molar refractivity (Wildman–Crippen MR) is 94.7 cm³/mol. The summed E-state index contributed by atoms with van der Waals surface area (Å²) in [6.45, 7) is 4.50. The summed E-state index contributed by atoms with van der Waals surface area (Å²) in [5, 5.41) is 11.6. The maximum absolute atomic E-state index is 11.4. The fourth-order valence-corrected chi connectivity index (χ4v) is 2.02. The molecule has 0 fully saturated rings. The van der Waals surface area contributed by atoms with Crippen molar-refractivity contribution in [3.8, 4) is 5.75 Å². The van der Waals surface area contributed by atoms with Crippen molar-refractivity contribution >= 4 is 12.2 Å². The molecule has 0 atom stereocenters. The van der Waals surface area contributed by atoms with Crippen LogP contribution in [0.5, 0.6) is 5.75 Å². The molecule has 2 aromatic rings. The van der Waals surface area contributed by atoms with Gasteiger partial charge in [0, 0.05) is 0 Å². The number of H-pyrrole nitrogens is 1. The number of hydrogen-bond acceptors (Lipinski definition) is 6. The van der Waals surface area contributed by atoms with E-state index in [2.05, 4.69) is 32.6 Å². The van der Waals surface area contributed by atoms with Crippen LogP contribution in [0.15, 0.2) is 34.2 Å². The summed E-state index contributed by atoms with van der Waals surface area (Å²) in [5.41, 5.74) is 3.55. The number of benzene rings is 1. The Morgan fingerprint density at radius 2 is 2.17 bits per heavy atom. The maximum atomic E-state index is 11.4. The Morgan fingerprint density at radius 3 is 2.96 bits per heavy atom. The van der Waals surface area contributed by atoms with Crippen molar-refractivity contribution in [3.63, 3.8) is 0 Å². The van der Waals surface area contributed by atoms with E-state index in [1.54, 1.807) is 13.1 Å². The standard InChI is InChI=1S/C17H23N5O2/c1-3-4-5-6-10-24-15-9-7-8-14(11-15)12-18-21-17-19-16(23)13(2)20-22-17/h7-9,11-12H,3-6,10H2,1-2H3,(H2,19,21,22,23)/b18-12+. The predicted octanol–water partition coefficient (Wildman–Crippen LogP) is 2.88. The zero-order chi connectivity index (χ0) is 17.2. The van der Waals surface area contributed by atoms with Crippen molar-refractivity contribution < 1.29 is 4.74 Å². The third-order valence-electron chi connectivity index (χ3n) is 3.37. The largest absolute Gasteiger partial charge is 0.494 e. The molecule has 0 saturated carbocycles. The molecule has 0 saturated heterocycles. The fraction of sp³-hybridized carbons (Fsp3) is 0.412. The highest BCUT2D eigenvalue weighted by atomic mass is 16.5. The highest BCUT2D eigenvalue weighted by Crippen LogP contribution is 2.13. The molecular formula is C17H23N5O2. The van der Waals surface area contributed by atoms with Gasteiger partial charge < -0.3 is 4.74 Å². The number of rotatable bonds is 9. The van der Waals surface area contributed by atoms with Gasteiger partial charge >= 0.3 is 0 Å². The molecular weight excluding hydrogens is 306 g/mol. The lowest BCUT2D eigenvalue weighted by Gasteiger charge is -2.06. The van der Waals surface area contributed by atoms with Crippen LogP contribution in [-0.2, 0) is 0 Å². The van der Waals surface area contributed by atoms with Crippen molar-refractivity contribution in [2.45, 2.75) is 39.5 Å². The lowest BCUT2D eigenvalue weighted by molar-refractivity contribution is 0.305. The second kappa shape index (κ2) is 9.44. The van der Waals surface area contributed by atoms with Gasteiger partial charge in [-0.3, -0.25) is 9.78 Å². The molecule has 1 aromatic heterocycles. The van der Waals surface area contributed by atoms with Gasteiger partial charge in [-0.1, -0.05) is 38.3 Å². The van der Waals surface area contributed by atoms with E-state index in [4.69, 9.17) is 4.74 Å². The summed E-state index contributed by atoms with van der Waals surface area (Å²) in [5.74, 6) is 1.02. The number of aryl methyl sites for hydroxylation is 1. The molecule has 7 heteroatoms. The fourth-order valence-electron chi connectivity index (χ4n) is 2.02. The summed E-state index contributed by atoms with van der Waals surface area (Å²) in [6, 6.07) is 7.66. The number of nitrogens with zero attached hydrogens (tertiary/aromatic N) is 3. The van der Waals surface area contributed by atoms with E-state index in [1.165, 1.54) is 19.3 Å². The third kappa shape index (κ3) is 5.83. The van der Waals surface area contributed by atoms with E-state index < -0.39 is 0 Å². The van der Waals surface area contributed by atoms with E-state index in [9.17, 15) is 4.79 Å². The molecule has 0 amide bonds. The highest BCUT2D eigenvalue weighted by molar-refractivity contribution is 5.80. The second-order valence-electron chi connectivity index (χ2n) is 5.44. The molecule has 1 heterocycles. The molecule has 24 heavy (non-hydrogen) atoms. The quantitative estimate of drug-likeness (QED) is 0.419. The van der Waals surface area contributed by atoms with E-state index >= 15 is 0 Å². The third-order valence-corrected chi connectivity index (χ3v) is 3.37. The van der Waals surface area contributed by atoms with E-state index in [-0.39, 0.29) is 11.5 Å². The van der Waals surface area contributed by atoms with Gasteiger partial charge in [-0.2, -0.15) is 5.10 Å². The molecule has 2 N–H and O–H groups in total. The Kier molecular flexibility index (Phi) is 6.94. The number of aromatic amines is 1. The van der Waals surface area contributed by atoms with Crippen LogP contribution in [0.4, 0.5) is 5.95 Å². The van der Waals surface area contributed by atoms with Crippen molar-refractivity contribution in [1.82, 2.24) is 15.2 Å². The number of hydrogen-bond donors (Lipinski definition) is 2. The van der Waals surface area contributed by atoms with Crippen LogP contribution in [0, 0.1) is 6.92 Å². The molecule has 7 nitrogen and oxygen atoms in total. The van der Waals surface area contributed by atoms with Gasteiger partial charge in [0.05, 0.1) is 12.8 Å². The van der Waals surface area contributed by atoms with Crippen LogP contribution in [0.25, 0.3) is 0 Å². The van der Waals surface area contributed by atoms with Gasteiger partial charge in [-0.15, -0.1) is 10.2 Å². The number of aromatic nitrogens is 3. The van der Waals surface area contributed by atoms with E-state index in [1.807, 2.05) is 24.3 Å². The Hall–Kier alpha value is -2.70. The lowest BCUT2D eigenvalue weighted by Crippen LogP contribution is -2.15. The van der Waals surface area contributed by atoms with Gasteiger partial charge in [-0.05, 0) is 31.0 Å². The molecule has 0 aliphatic heterocycles. The van der Waals surface area contributed by atoms with Crippen LogP contribution in [-0.4, -0.2) is 28.0 Å². The number of unbranched alkanes of at least 4 members (excludes halogenated alkanes) is 3. The lowest BCUT2D eigenvalue weighted by atomic mass is 10.2. The zero-order valence-electron chi connectivity index (χ0n) is 14.1. The number of ether oxygens (including phenoxy) is 1. The summed E-state index contributed by atoms with van der Waals surface area (Å²) >= 11 is 0. The topological polar surface area (TPSA) is 92.3 Å². The average molecular weight is 329 g/mol. The Morgan fingerprint density at radius 1 is 1.29 bits per heavy atom. The average Bonchev–Trinajstić information content (AvgIpc) is 2.58. The Balaban J connectivity index is 1.86. The van der Waals surface area contributed by atoms with Crippen LogP contribution in [0.1, 0.15) is 43.9 Å².